The maximum absolute atomic E-state index is 9.04. The van der Waals surface area contributed by atoms with Crippen LogP contribution in [0.25, 0.3) is 0 Å². The normalized spacial score (nSPS) is 19.6. The molecule has 0 aliphatic heterocycles. The molecule has 0 saturated heterocycles. The Hall–Kier alpha value is -0.520. The third kappa shape index (κ3) is 30.0. The Labute approximate surface area is 304 Å². The molecule has 0 aliphatic rings. The molecule has 0 rings (SSSR count). The van der Waals surface area contributed by atoms with Crippen LogP contribution in [0.3, 0.4) is 0 Å². The van der Waals surface area contributed by atoms with Crippen molar-refractivity contribution in [2.24, 2.45) is 0 Å². The molecule has 0 radical (unpaired) electrons. The lowest BCUT2D eigenvalue weighted by Gasteiger charge is -2.23. The number of hydrogen-bond donors (Lipinski definition) is 1. The molecule has 0 aromatic heterocycles. The van der Waals surface area contributed by atoms with E-state index in [1.807, 2.05) is 83.1 Å². The van der Waals surface area contributed by atoms with Crippen molar-refractivity contribution in [2.75, 3.05) is 86.4 Å². The first-order valence-corrected chi connectivity index (χ1v) is 18.6. The summed E-state index contributed by atoms with van der Waals surface area (Å²) in [5.74, 6) is 0. The van der Waals surface area contributed by atoms with Crippen molar-refractivity contribution in [3.63, 3.8) is 0 Å². The van der Waals surface area contributed by atoms with Gasteiger partial charge in [0.2, 0.25) is 0 Å². The molecule has 0 saturated carbocycles. The molecule has 0 fully saturated rings. The number of hydrogen-bond acceptors (Lipinski definition) is 13. The van der Waals surface area contributed by atoms with E-state index in [1.54, 1.807) is 7.11 Å². The Kier molecular flexibility index (Phi) is 30.6. The van der Waals surface area contributed by atoms with Gasteiger partial charge in [-0.15, -0.1) is 0 Å². The van der Waals surface area contributed by atoms with Crippen molar-refractivity contribution in [3.05, 3.63) is 0 Å². The minimum Gasteiger partial charge on any atom is -0.394 e. The zero-order chi connectivity index (χ0) is 37.9. The fourth-order valence-corrected chi connectivity index (χ4v) is 3.90. The van der Waals surface area contributed by atoms with E-state index in [1.165, 1.54) is 0 Å². The van der Waals surface area contributed by atoms with Crippen molar-refractivity contribution in [3.8, 4) is 0 Å². The quantitative estimate of drug-likeness (QED) is 0.0986. The number of aliphatic hydroxyl groups is 1. The van der Waals surface area contributed by atoms with Crippen molar-refractivity contribution in [1.82, 2.24) is 0 Å². The Balaban J connectivity index is 3.93. The maximum Gasteiger partial charge on any atom is 0.0781 e. The Morgan fingerprint density at radius 3 is 0.540 bits per heavy atom. The van der Waals surface area contributed by atoms with Gasteiger partial charge >= 0.3 is 0 Å². The number of ether oxygens (including phenoxy) is 12. The summed E-state index contributed by atoms with van der Waals surface area (Å²) in [4.78, 5) is 0. The van der Waals surface area contributed by atoms with Crippen LogP contribution in [0.15, 0.2) is 0 Å². The Morgan fingerprint density at radius 2 is 0.400 bits per heavy atom. The molecule has 12 unspecified atom stereocenters. The fourth-order valence-electron chi connectivity index (χ4n) is 3.90. The second kappa shape index (κ2) is 30.9. The molecule has 1 N–H and O–H groups in total. The smallest absolute Gasteiger partial charge is 0.0781 e. The molecule has 13 nitrogen and oxygen atoms in total. The summed E-state index contributed by atoms with van der Waals surface area (Å²) in [6.07, 6.45) is -0.824. The Morgan fingerprint density at radius 1 is 0.260 bits per heavy atom. The van der Waals surface area contributed by atoms with Crippen LogP contribution in [0.2, 0.25) is 0 Å². The van der Waals surface area contributed by atoms with Gasteiger partial charge < -0.3 is 61.9 Å². The van der Waals surface area contributed by atoms with E-state index in [2.05, 4.69) is 0 Å². The second-order valence-corrected chi connectivity index (χ2v) is 13.8. The maximum atomic E-state index is 9.04. The van der Waals surface area contributed by atoms with Crippen molar-refractivity contribution in [1.29, 1.82) is 0 Å². The van der Waals surface area contributed by atoms with Gasteiger partial charge in [-0.3, -0.25) is 0 Å². The summed E-state index contributed by atoms with van der Waals surface area (Å²) in [5.41, 5.74) is 0. The molecule has 302 valence electrons. The summed E-state index contributed by atoms with van der Waals surface area (Å²) >= 11 is 0. The first-order chi connectivity index (χ1) is 23.6. The van der Waals surface area contributed by atoms with Gasteiger partial charge in [0.25, 0.3) is 0 Å². The molecule has 0 aliphatic carbocycles. The summed E-state index contributed by atoms with van der Waals surface area (Å²) < 4.78 is 69.4. The van der Waals surface area contributed by atoms with Crippen LogP contribution in [0.1, 0.15) is 83.1 Å². The molecule has 0 aromatic carbocycles. The molecule has 0 spiro atoms. The highest BCUT2D eigenvalue weighted by Crippen LogP contribution is 2.07. The summed E-state index contributed by atoms with van der Waals surface area (Å²) in [6, 6.07) is 0. The lowest BCUT2D eigenvalue weighted by Crippen LogP contribution is -2.31. The lowest BCUT2D eigenvalue weighted by molar-refractivity contribution is -0.114. The Bertz CT molecular complexity index is 690. The van der Waals surface area contributed by atoms with E-state index in [0.29, 0.717) is 72.7 Å². The van der Waals surface area contributed by atoms with E-state index in [0.717, 1.165) is 0 Å². The van der Waals surface area contributed by atoms with E-state index in [9.17, 15) is 0 Å². The largest absolute Gasteiger partial charge is 0.394 e. The lowest BCUT2D eigenvalue weighted by atomic mass is 10.3. The van der Waals surface area contributed by atoms with Crippen LogP contribution < -0.4 is 0 Å². The second-order valence-electron chi connectivity index (χ2n) is 13.8. The number of methoxy groups -OCH3 is 1. The minimum absolute atomic E-state index is 0.00486. The van der Waals surface area contributed by atoms with Gasteiger partial charge in [0.05, 0.1) is 153 Å². The molecule has 0 heterocycles. The van der Waals surface area contributed by atoms with Gasteiger partial charge in [-0.2, -0.15) is 0 Å². The van der Waals surface area contributed by atoms with Crippen molar-refractivity contribution < 1.29 is 61.9 Å². The third-order valence-corrected chi connectivity index (χ3v) is 7.43. The van der Waals surface area contributed by atoms with Crippen LogP contribution in [0.4, 0.5) is 0 Å². The predicted molar refractivity (Wildman–Crippen MR) is 193 cm³/mol. The van der Waals surface area contributed by atoms with Crippen LogP contribution in [-0.2, 0) is 56.8 Å². The zero-order valence-corrected chi connectivity index (χ0v) is 33.8. The van der Waals surface area contributed by atoms with E-state index < -0.39 is 0 Å². The average molecular weight is 729 g/mol. The van der Waals surface area contributed by atoms with Crippen LogP contribution >= 0.6 is 0 Å². The van der Waals surface area contributed by atoms with Crippen molar-refractivity contribution >= 4 is 0 Å². The van der Waals surface area contributed by atoms with Crippen molar-refractivity contribution in [2.45, 2.75) is 156 Å². The van der Waals surface area contributed by atoms with E-state index in [4.69, 9.17) is 61.9 Å². The number of aliphatic hydroxyl groups excluding tert-OH is 1. The highest BCUT2D eigenvalue weighted by molar-refractivity contribution is 4.61. The van der Waals surface area contributed by atoms with Crippen LogP contribution in [-0.4, -0.2) is 165 Å². The van der Waals surface area contributed by atoms with Gasteiger partial charge in [0, 0.05) is 7.11 Å². The molecular weight excluding hydrogens is 652 g/mol. The van der Waals surface area contributed by atoms with Crippen LogP contribution in [0, 0.1) is 0 Å². The average Bonchev–Trinajstić information content (AvgIpc) is 3.10. The molecule has 0 amide bonds. The predicted octanol–water partition coefficient (Wildman–Crippen LogP) is 4.47. The van der Waals surface area contributed by atoms with Crippen LogP contribution in [0.5, 0.6) is 0 Å². The fraction of sp³-hybridized carbons (Fsp3) is 1.00. The molecular formula is C37H76O13. The minimum atomic E-state index is -0.195. The molecule has 13 heteroatoms. The molecule has 50 heavy (non-hydrogen) atoms. The highest BCUT2D eigenvalue weighted by Gasteiger charge is 2.16. The highest BCUT2D eigenvalue weighted by atomic mass is 16.6. The first-order valence-electron chi connectivity index (χ1n) is 18.6. The topological polar surface area (TPSA) is 131 Å². The van der Waals surface area contributed by atoms with Gasteiger partial charge in [0.15, 0.2) is 0 Å². The summed E-state index contributed by atoms with van der Waals surface area (Å²) in [6.45, 7) is 28.7. The summed E-state index contributed by atoms with van der Waals surface area (Å²) in [5, 5.41) is 9.04. The van der Waals surface area contributed by atoms with E-state index in [-0.39, 0.29) is 79.9 Å². The van der Waals surface area contributed by atoms with E-state index >= 15 is 0 Å². The summed E-state index contributed by atoms with van der Waals surface area (Å²) in [7, 11) is 1.67. The SMILES string of the molecule is COC(C)COC(C)COC(C)COC(C)COC(C)COC(C)COC(C)COC(C)COC(C)COC(C)COC(C)COC(C)CO. The monoisotopic (exact) mass is 729 g/mol. The van der Waals surface area contributed by atoms with Gasteiger partial charge in [-0.05, 0) is 83.1 Å². The molecule has 12 atom stereocenters. The van der Waals surface area contributed by atoms with Gasteiger partial charge in [0.1, 0.15) is 0 Å². The third-order valence-electron chi connectivity index (χ3n) is 7.43. The first kappa shape index (κ1) is 49.5. The molecule has 0 aromatic rings. The molecule has 0 bridgehead atoms. The zero-order valence-electron chi connectivity index (χ0n) is 33.8. The number of rotatable bonds is 35. The van der Waals surface area contributed by atoms with Gasteiger partial charge in [-0.1, -0.05) is 0 Å². The van der Waals surface area contributed by atoms with Gasteiger partial charge in [-0.25, -0.2) is 0 Å². The standard InChI is InChI=1S/C37H76O13/c1-26(14-38)40-16-28(3)42-18-30(5)44-20-32(7)46-22-34(9)48-24-36(11)50-25-37(12)49-23-35(10)47-21-33(8)45-19-31(6)43-17-29(4)41-15-27(2)39-13/h26-38H,14-25H2,1-13H3.